The Morgan fingerprint density at radius 2 is 1.58 bits per heavy atom. The summed E-state index contributed by atoms with van der Waals surface area (Å²) in [6.07, 6.45) is 9.26. The van der Waals surface area contributed by atoms with Crippen LogP contribution in [-0.4, -0.2) is 6.26 Å². The second-order valence-electron chi connectivity index (χ2n) is 1.67. The molecule has 0 unspecified atom stereocenters. The van der Waals surface area contributed by atoms with Crippen molar-refractivity contribution in [1.82, 2.24) is 0 Å². The van der Waals surface area contributed by atoms with E-state index < -0.39 is 0 Å². The molecule has 4 heteroatoms. The molecule has 1 rings (SSSR count). The molecular formula is C8H12NS2Tb-. The normalized spacial score (nSPS) is 7.50. The Morgan fingerprint density at radius 3 is 1.75 bits per heavy atom. The molecule has 0 fully saturated rings. The van der Waals surface area contributed by atoms with Crippen molar-refractivity contribution in [1.29, 1.82) is 0 Å². The average Bonchev–Trinajstić information content (AvgIpc) is 2.07. The number of hydrogen-bond acceptors (Lipinski definition) is 2. The van der Waals surface area contributed by atoms with E-state index in [9.17, 15) is 0 Å². The van der Waals surface area contributed by atoms with E-state index in [4.69, 9.17) is 0 Å². The van der Waals surface area contributed by atoms with Gasteiger partial charge in [0.05, 0.1) is 12.4 Å². The van der Waals surface area contributed by atoms with E-state index in [2.05, 4.69) is 13.3 Å². The van der Waals surface area contributed by atoms with Crippen LogP contribution in [0, 0.1) is 51.9 Å². The Kier molecular flexibility index (Phi) is 15.5. The minimum Gasteiger partial charge on any atom is -0.339 e. The Bertz CT molecular complexity index is 168. The smallest absolute Gasteiger partial charge is 0.0689 e. The summed E-state index contributed by atoms with van der Waals surface area (Å²) in [4.78, 5) is 0. The molecule has 12 heavy (non-hydrogen) atoms. The van der Waals surface area contributed by atoms with Crippen LogP contribution >= 0.6 is 21.6 Å². The molecule has 0 aromatic carbocycles. The van der Waals surface area contributed by atoms with Crippen molar-refractivity contribution >= 4 is 21.6 Å². The van der Waals surface area contributed by atoms with Crippen LogP contribution in [0.1, 0.15) is 0 Å². The summed E-state index contributed by atoms with van der Waals surface area (Å²) in [6, 6.07) is 5.84. The fraction of sp³-hybridized carbons (Fsp3) is 0.125. The molecule has 0 saturated carbocycles. The van der Waals surface area contributed by atoms with E-state index in [1.807, 2.05) is 36.8 Å². The second kappa shape index (κ2) is 12.0. The summed E-state index contributed by atoms with van der Waals surface area (Å²) in [6.45, 7) is 0. The summed E-state index contributed by atoms with van der Waals surface area (Å²) in [7, 11) is 6.82. The summed E-state index contributed by atoms with van der Waals surface area (Å²) in [5.74, 6) is 0. The molecule has 0 aliphatic heterocycles. The molecule has 0 spiro atoms. The van der Waals surface area contributed by atoms with Gasteiger partial charge in [-0.25, -0.2) is 0 Å². The monoisotopic (exact) mass is 345 g/mol. The van der Waals surface area contributed by atoms with Crippen molar-refractivity contribution < 1.29 is 43.2 Å². The standard InChI is InChI=1S/C6H7N.C2H5S2.Tb/c1-7-5-3-2-4-6-7;1-3-4-2;/h2-6H,1H2;1H2,2H3;/q;-1;. The topological polar surface area (TPSA) is 3.88 Å². The number of hydrogen-bond donors (Lipinski definition) is 0. The van der Waals surface area contributed by atoms with Gasteiger partial charge in [0.1, 0.15) is 0 Å². The fourth-order valence-corrected chi connectivity index (χ4v) is 0.434. The predicted octanol–water partition coefficient (Wildman–Crippen LogP) is 2.40. The Morgan fingerprint density at radius 1 is 1.17 bits per heavy atom. The third kappa shape index (κ3) is 11.0. The zero-order chi connectivity index (χ0) is 8.53. The van der Waals surface area contributed by atoms with E-state index >= 15 is 0 Å². The van der Waals surface area contributed by atoms with Gasteiger partial charge in [-0.15, -0.1) is 10.8 Å². The number of nitrogens with zero attached hydrogens (tertiary/aromatic N) is 1. The molecule has 0 aliphatic rings. The van der Waals surface area contributed by atoms with Gasteiger partial charge < -0.3 is 4.57 Å². The van der Waals surface area contributed by atoms with E-state index in [-0.39, 0.29) is 38.6 Å². The molecular weight excluding hydrogens is 333 g/mol. The predicted molar refractivity (Wildman–Crippen MR) is 53.9 cm³/mol. The molecule has 1 radical (unpaired) electrons. The van der Waals surface area contributed by atoms with Gasteiger partial charge >= 0.3 is 0 Å². The van der Waals surface area contributed by atoms with Crippen molar-refractivity contribution in [2.75, 3.05) is 6.26 Å². The maximum Gasteiger partial charge on any atom is 0.0689 e. The molecule has 0 atom stereocenters. The van der Waals surface area contributed by atoms with Gasteiger partial charge in [-0.05, 0) is 6.26 Å². The molecule has 1 nitrogen and oxygen atoms in total. The van der Waals surface area contributed by atoms with E-state index in [0.29, 0.717) is 0 Å². The average molecular weight is 345 g/mol. The summed E-state index contributed by atoms with van der Waals surface area (Å²) < 4.78 is 1.75. The van der Waals surface area contributed by atoms with Crippen LogP contribution in [0.25, 0.3) is 0 Å². The SMILES string of the molecule is [CH2-]SSC.[CH2-][n+]1ccccc1.[Tb]. The van der Waals surface area contributed by atoms with Crippen molar-refractivity contribution in [2.45, 2.75) is 0 Å². The maximum atomic E-state index is 3.64. The number of aromatic nitrogens is 1. The summed E-state index contributed by atoms with van der Waals surface area (Å²) in [5.41, 5.74) is 0. The molecule has 1 heterocycles. The fourth-order valence-electron chi connectivity index (χ4n) is 0.434. The maximum absolute atomic E-state index is 3.64. The number of rotatable bonds is 1. The van der Waals surface area contributed by atoms with Crippen LogP contribution in [0.3, 0.4) is 0 Å². The molecule has 1 aromatic heterocycles. The van der Waals surface area contributed by atoms with Gasteiger partial charge in [-0.1, -0.05) is 18.2 Å². The molecule has 0 saturated heterocycles. The third-order valence-electron chi connectivity index (χ3n) is 0.895. The van der Waals surface area contributed by atoms with Crippen molar-refractivity contribution in [3.63, 3.8) is 0 Å². The minimum absolute atomic E-state index is 0. The van der Waals surface area contributed by atoms with Crippen molar-refractivity contribution in [3.05, 3.63) is 43.9 Å². The van der Waals surface area contributed by atoms with Crippen molar-refractivity contribution in [2.24, 2.45) is 0 Å². The van der Waals surface area contributed by atoms with Crippen LogP contribution in [0.15, 0.2) is 30.6 Å². The van der Waals surface area contributed by atoms with Crippen LogP contribution in [-0.2, 0) is 0 Å². The molecule has 71 valence electrons. The van der Waals surface area contributed by atoms with Gasteiger partial charge in [0, 0.05) is 45.7 Å². The first-order valence-corrected chi connectivity index (χ1v) is 5.76. The van der Waals surface area contributed by atoms with Crippen LogP contribution in [0.5, 0.6) is 0 Å². The van der Waals surface area contributed by atoms with Crippen LogP contribution in [0.2, 0.25) is 0 Å². The van der Waals surface area contributed by atoms with Crippen LogP contribution in [0.4, 0.5) is 0 Å². The molecule has 0 aliphatic carbocycles. The van der Waals surface area contributed by atoms with E-state index in [1.165, 1.54) is 10.8 Å². The van der Waals surface area contributed by atoms with Gasteiger partial charge in [0.25, 0.3) is 0 Å². The zero-order valence-electron chi connectivity index (χ0n) is 6.90. The van der Waals surface area contributed by atoms with Crippen LogP contribution < -0.4 is 4.57 Å². The molecule has 0 N–H and O–H groups in total. The van der Waals surface area contributed by atoms with Gasteiger partial charge in [0.2, 0.25) is 0 Å². The summed E-state index contributed by atoms with van der Waals surface area (Å²) in [5, 5.41) is 0. The Balaban J connectivity index is 0. The molecule has 0 bridgehead atoms. The third-order valence-corrected chi connectivity index (χ3v) is 1.84. The quantitative estimate of drug-likeness (QED) is 0.437. The largest absolute Gasteiger partial charge is 0.339 e. The molecule has 0 amide bonds. The van der Waals surface area contributed by atoms with Crippen molar-refractivity contribution in [3.8, 4) is 0 Å². The first kappa shape index (κ1) is 15.5. The Hall–Kier alpha value is 1.01. The van der Waals surface area contributed by atoms with Gasteiger partial charge in [-0.2, -0.15) is 0 Å². The van der Waals surface area contributed by atoms with Gasteiger partial charge in [-0.3, -0.25) is 17.0 Å². The Labute approximate surface area is 114 Å². The summed E-state index contributed by atoms with van der Waals surface area (Å²) >= 11 is 0. The van der Waals surface area contributed by atoms with Gasteiger partial charge in [0.15, 0.2) is 0 Å². The first-order chi connectivity index (χ1) is 5.31. The first-order valence-electron chi connectivity index (χ1n) is 3.03. The number of pyridine rings is 1. The molecule has 1 aromatic rings. The zero-order valence-corrected chi connectivity index (χ0v) is 10.7. The van der Waals surface area contributed by atoms with E-state index in [0.717, 1.165) is 0 Å². The van der Waals surface area contributed by atoms with E-state index in [1.54, 1.807) is 15.4 Å². The minimum atomic E-state index is 0. The second-order valence-corrected chi connectivity index (χ2v) is 3.95.